The summed E-state index contributed by atoms with van der Waals surface area (Å²) >= 11 is 0. The predicted octanol–water partition coefficient (Wildman–Crippen LogP) is 1.05. The third-order valence-corrected chi connectivity index (χ3v) is 3.85. The van der Waals surface area contributed by atoms with Gasteiger partial charge in [-0.1, -0.05) is 13.0 Å². The maximum absolute atomic E-state index is 12.0. The molecular weight excluding hydrogens is 292 g/mol. The quantitative estimate of drug-likeness (QED) is 0.735. The van der Waals surface area contributed by atoms with Crippen molar-refractivity contribution in [1.82, 2.24) is 5.32 Å². The summed E-state index contributed by atoms with van der Waals surface area (Å²) in [4.78, 5) is 12.0. The zero-order valence-electron chi connectivity index (χ0n) is 12.5. The van der Waals surface area contributed by atoms with Crippen molar-refractivity contribution in [2.24, 2.45) is 5.14 Å². The topological polar surface area (TPSA) is 98.5 Å². The molecule has 1 amide bonds. The minimum atomic E-state index is -3.84. The molecule has 118 valence electrons. The van der Waals surface area contributed by atoms with Gasteiger partial charge in [0.15, 0.2) is 0 Å². The van der Waals surface area contributed by atoms with E-state index in [9.17, 15) is 13.2 Å². The highest BCUT2D eigenvalue weighted by Gasteiger charge is 2.16. The van der Waals surface area contributed by atoms with Crippen LogP contribution in [0.1, 0.15) is 36.7 Å². The van der Waals surface area contributed by atoms with E-state index in [4.69, 9.17) is 9.88 Å². The number of rotatable bonds is 7. The summed E-state index contributed by atoms with van der Waals surface area (Å²) in [6.45, 7) is 6.40. The Kier molecular flexibility index (Phi) is 6.32. The van der Waals surface area contributed by atoms with Gasteiger partial charge in [-0.15, -0.1) is 0 Å². The summed E-state index contributed by atoms with van der Waals surface area (Å²) in [6, 6.07) is 4.51. The third-order valence-electron chi connectivity index (χ3n) is 2.86. The van der Waals surface area contributed by atoms with Crippen molar-refractivity contribution in [3.63, 3.8) is 0 Å². The molecule has 1 aromatic rings. The predicted molar refractivity (Wildman–Crippen MR) is 80.6 cm³/mol. The Morgan fingerprint density at radius 3 is 2.57 bits per heavy atom. The van der Waals surface area contributed by atoms with Gasteiger partial charge in [-0.25, -0.2) is 13.6 Å². The van der Waals surface area contributed by atoms with Crippen molar-refractivity contribution in [3.05, 3.63) is 29.3 Å². The summed E-state index contributed by atoms with van der Waals surface area (Å²) in [7, 11) is -3.84. The largest absolute Gasteiger partial charge is 0.377 e. The highest BCUT2D eigenvalue weighted by molar-refractivity contribution is 7.89. The summed E-state index contributed by atoms with van der Waals surface area (Å²) in [5, 5.41) is 7.85. The van der Waals surface area contributed by atoms with Crippen LogP contribution in [-0.4, -0.2) is 33.6 Å². The highest BCUT2D eigenvalue weighted by Crippen LogP contribution is 2.17. The lowest BCUT2D eigenvalue weighted by atomic mass is 10.1. The van der Waals surface area contributed by atoms with Crippen LogP contribution in [0.25, 0.3) is 0 Å². The van der Waals surface area contributed by atoms with Crippen LogP contribution in [0, 0.1) is 0 Å². The van der Waals surface area contributed by atoms with Gasteiger partial charge in [0, 0.05) is 12.1 Å². The molecule has 0 heterocycles. The van der Waals surface area contributed by atoms with E-state index in [0.717, 1.165) is 0 Å². The minimum Gasteiger partial charge on any atom is -0.377 e. The van der Waals surface area contributed by atoms with Crippen molar-refractivity contribution < 1.29 is 17.9 Å². The smallest absolute Gasteiger partial charge is 0.251 e. The first-order chi connectivity index (χ1) is 9.75. The molecule has 6 nitrogen and oxygen atoms in total. The van der Waals surface area contributed by atoms with Gasteiger partial charge in [0.2, 0.25) is 10.0 Å². The Balaban J connectivity index is 2.82. The van der Waals surface area contributed by atoms with Gasteiger partial charge in [0.25, 0.3) is 5.91 Å². The summed E-state index contributed by atoms with van der Waals surface area (Å²) in [5.41, 5.74) is 0.859. The van der Waals surface area contributed by atoms with Crippen LogP contribution >= 0.6 is 0 Å². The molecule has 0 fully saturated rings. The number of hydrogen-bond donors (Lipinski definition) is 2. The molecule has 7 heteroatoms. The number of carbonyl (C=O) groups excluding carboxylic acids is 1. The van der Waals surface area contributed by atoms with E-state index in [-0.39, 0.29) is 22.5 Å². The van der Waals surface area contributed by atoms with Crippen LogP contribution < -0.4 is 10.5 Å². The first-order valence-electron chi connectivity index (χ1n) is 6.81. The van der Waals surface area contributed by atoms with Crippen molar-refractivity contribution >= 4 is 15.9 Å². The fraction of sp³-hybridized carbons (Fsp3) is 0.500. The molecule has 0 aliphatic rings. The van der Waals surface area contributed by atoms with Gasteiger partial charge >= 0.3 is 0 Å². The van der Waals surface area contributed by atoms with Crippen LogP contribution in [0.15, 0.2) is 23.1 Å². The van der Waals surface area contributed by atoms with E-state index in [1.54, 1.807) is 12.1 Å². The van der Waals surface area contributed by atoms with Crippen LogP contribution in [0.3, 0.4) is 0 Å². The number of sulfonamides is 1. The maximum atomic E-state index is 12.0. The highest BCUT2D eigenvalue weighted by atomic mass is 32.2. The molecule has 0 aliphatic carbocycles. The number of primary sulfonamides is 1. The molecule has 1 rings (SSSR count). The van der Waals surface area contributed by atoms with Crippen molar-refractivity contribution in [2.75, 3.05) is 13.2 Å². The molecule has 1 aromatic carbocycles. The Morgan fingerprint density at radius 1 is 1.38 bits per heavy atom. The van der Waals surface area contributed by atoms with Gasteiger partial charge in [0.05, 0.1) is 17.6 Å². The van der Waals surface area contributed by atoms with Gasteiger partial charge in [-0.05, 0) is 38.0 Å². The van der Waals surface area contributed by atoms with E-state index < -0.39 is 10.0 Å². The molecular formula is C14H22N2O4S. The van der Waals surface area contributed by atoms with E-state index in [1.807, 2.05) is 20.8 Å². The number of nitrogens with two attached hydrogens (primary N) is 1. The first-order valence-corrected chi connectivity index (χ1v) is 8.35. The summed E-state index contributed by atoms with van der Waals surface area (Å²) in [6.07, 6.45) is 0.621. The van der Waals surface area contributed by atoms with E-state index >= 15 is 0 Å². The first kappa shape index (κ1) is 17.6. The Bertz CT molecular complexity index is 597. The Morgan fingerprint density at radius 2 is 2.05 bits per heavy atom. The number of hydrogen-bond acceptors (Lipinski definition) is 4. The second kappa shape index (κ2) is 7.53. The lowest BCUT2D eigenvalue weighted by molar-refractivity contribution is 0.0746. The SMILES string of the molecule is CCc1ccc(C(=O)NCCOC(C)C)cc1S(N)(=O)=O. The minimum absolute atomic E-state index is 0.00363. The van der Waals surface area contributed by atoms with E-state index in [1.165, 1.54) is 6.07 Å². The number of ether oxygens (including phenoxy) is 1. The van der Waals surface area contributed by atoms with Crippen LogP contribution in [-0.2, 0) is 21.2 Å². The fourth-order valence-corrected chi connectivity index (χ4v) is 2.68. The monoisotopic (exact) mass is 314 g/mol. The van der Waals surface area contributed by atoms with E-state index in [2.05, 4.69) is 5.32 Å². The molecule has 0 spiro atoms. The average molecular weight is 314 g/mol. The Hall–Kier alpha value is -1.44. The standard InChI is InChI=1S/C14H22N2O4S/c1-4-11-5-6-12(9-13(11)21(15,18)19)14(17)16-7-8-20-10(2)3/h5-6,9-10H,4,7-8H2,1-3H3,(H,16,17)(H2,15,18,19). The van der Waals surface area contributed by atoms with Gasteiger partial charge in [-0.2, -0.15) is 0 Å². The van der Waals surface area contributed by atoms with Crippen LogP contribution in [0.2, 0.25) is 0 Å². The van der Waals surface area contributed by atoms with Crippen molar-refractivity contribution in [1.29, 1.82) is 0 Å². The Labute approximate surface area is 125 Å². The van der Waals surface area contributed by atoms with Gasteiger partial charge < -0.3 is 10.1 Å². The number of aryl methyl sites for hydroxylation is 1. The maximum Gasteiger partial charge on any atom is 0.251 e. The number of nitrogens with one attached hydrogen (secondary N) is 1. The molecule has 3 N–H and O–H groups in total. The fourth-order valence-electron chi connectivity index (χ4n) is 1.81. The average Bonchev–Trinajstić information content (AvgIpc) is 2.41. The summed E-state index contributed by atoms with van der Waals surface area (Å²) < 4.78 is 28.4. The summed E-state index contributed by atoms with van der Waals surface area (Å²) in [5.74, 6) is -0.352. The van der Waals surface area contributed by atoms with Crippen molar-refractivity contribution in [2.45, 2.75) is 38.2 Å². The molecule has 0 unspecified atom stereocenters. The molecule has 0 bridgehead atoms. The second-order valence-electron chi connectivity index (χ2n) is 4.90. The third kappa shape index (κ3) is 5.45. The van der Waals surface area contributed by atoms with Crippen molar-refractivity contribution in [3.8, 4) is 0 Å². The second-order valence-corrected chi connectivity index (χ2v) is 6.43. The normalized spacial score (nSPS) is 11.7. The zero-order valence-corrected chi connectivity index (χ0v) is 13.4. The number of carbonyl (C=O) groups is 1. The van der Waals surface area contributed by atoms with Crippen LogP contribution in [0.4, 0.5) is 0 Å². The lowest BCUT2D eigenvalue weighted by Gasteiger charge is -2.10. The molecule has 21 heavy (non-hydrogen) atoms. The molecule has 0 aliphatic heterocycles. The van der Waals surface area contributed by atoms with E-state index in [0.29, 0.717) is 25.1 Å². The zero-order chi connectivity index (χ0) is 16.0. The number of benzene rings is 1. The molecule has 0 saturated heterocycles. The molecule has 0 saturated carbocycles. The van der Waals surface area contributed by atoms with Gasteiger partial charge in [-0.3, -0.25) is 4.79 Å². The number of amides is 1. The molecule has 0 radical (unpaired) electrons. The lowest BCUT2D eigenvalue weighted by Crippen LogP contribution is -2.28. The molecule has 0 aromatic heterocycles. The molecule has 0 atom stereocenters. The van der Waals surface area contributed by atoms with Crippen LogP contribution in [0.5, 0.6) is 0 Å². The van der Waals surface area contributed by atoms with Gasteiger partial charge in [0.1, 0.15) is 0 Å².